The zero-order chi connectivity index (χ0) is 12.1. The van der Waals surface area contributed by atoms with Crippen LogP contribution in [0.15, 0.2) is 36.5 Å². The molecule has 0 atom stereocenters. The normalized spacial score (nSPS) is 10.2. The molecule has 2 aromatic rings. The molecule has 1 aromatic carbocycles. The summed E-state index contributed by atoms with van der Waals surface area (Å²) in [4.78, 5) is 17.7. The molecule has 0 fully saturated rings. The number of carbonyl (C=O) groups is 1. The second-order valence-electron chi connectivity index (χ2n) is 3.66. The maximum absolute atomic E-state index is 10.6. The van der Waals surface area contributed by atoms with Crippen LogP contribution in [0.2, 0.25) is 0 Å². The van der Waals surface area contributed by atoms with Crippen LogP contribution in [-0.4, -0.2) is 17.8 Å². The lowest BCUT2D eigenvalue weighted by atomic mass is 10.2. The Morgan fingerprint density at radius 3 is 2.71 bits per heavy atom. The number of nitrogens with zero attached hydrogens (tertiary/aromatic N) is 2. The van der Waals surface area contributed by atoms with Gasteiger partial charge in [-0.25, -0.2) is 4.98 Å². The molecule has 0 bridgehead atoms. The molecular weight excluding hydrogens is 232 g/mol. The van der Waals surface area contributed by atoms with E-state index in [-0.39, 0.29) is 0 Å². The summed E-state index contributed by atoms with van der Waals surface area (Å²) < 4.78 is 0. The second-order valence-corrected chi connectivity index (χ2v) is 4.70. The van der Waals surface area contributed by atoms with Crippen LogP contribution in [0.1, 0.15) is 22.2 Å². The molecule has 0 saturated heterocycles. The maximum atomic E-state index is 10.6. The minimum atomic E-state index is 0.673. The minimum Gasteiger partial charge on any atom is -0.344 e. The number of aromatic nitrogens is 1. The number of thiazole rings is 1. The van der Waals surface area contributed by atoms with E-state index in [9.17, 15) is 4.79 Å². The average molecular weight is 246 g/mol. The van der Waals surface area contributed by atoms with Crippen molar-refractivity contribution >= 4 is 22.8 Å². The Balaban J connectivity index is 2.14. The third-order valence-electron chi connectivity index (χ3n) is 2.50. The van der Waals surface area contributed by atoms with Crippen molar-refractivity contribution < 1.29 is 4.79 Å². The largest absolute Gasteiger partial charge is 0.344 e. The molecule has 4 heteroatoms. The van der Waals surface area contributed by atoms with Crippen molar-refractivity contribution in [2.45, 2.75) is 13.5 Å². The number of hydrogen-bond donors (Lipinski definition) is 0. The zero-order valence-corrected chi connectivity index (χ0v) is 10.5. The molecule has 88 valence electrons. The van der Waals surface area contributed by atoms with Crippen molar-refractivity contribution in [3.05, 3.63) is 47.0 Å². The molecule has 0 amide bonds. The molecular formula is C13H14N2OS. The SMILES string of the molecule is CCN(Cc1ccccc1)c1ncc(C=O)s1. The van der Waals surface area contributed by atoms with Gasteiger partial charge in [0.15, 0.2) is 11.4 Å². The number of rotatable bonds is 5. The lowest BCUT2D eigenvalue weighted by Crippen LogP contribution is -2.21. The highest BCUT2D eigenvalue weighted by atomic mass is 32.1. The number of aldehydes is 1. The van der Waals surface area contributed by atoms with E-state index in [0.717, 1.165) is 24.5 Å². The topological polar surface area (TPSA) is 33.2 Å². The summed E-state index contributed by atoms with van der Waals surface area (Å²) in [6.07, 6.45) is 2.47. The molecule has 0 unspecified atom stereocenters. The molecule has 0 saturated carbocycles. The highest BCUT2D eigenvalue weighted by molar-refractivity contribution is 7.17. The highest BCUT2D eigenvalue weighted by Gasteiger charge is 2.09. The van der Waals surface area contributed by atoms with Gasteiger partial charge >= 0.3 is 0 Å². The molecule has 0 aliphatic carbocycles. The molecule has 1 aromatic heterocycles. The van der Waals surface area contributed by atoms with E-state index in [2.05, 4.69) is 28.9 Å². The number of hydrogen-bond acceptors (Lipinski definition) is 4. The van der Waals surface area contributed by atoms with E-state index in [4.69, 9.17) is 0 Å². The fourth-order valence-corrected chi connectivity index (χ4v) is 2.39. The third-order valence-corrected chi connectivity index (χ3v) is 3.48. The van der Waals surface area contributed by atoms with Crippen molar-refractivity contribution in [3.63, 3.8) is 0 Å². The molecule has 0 aliphatic rings. The van der Waals surface area contributed by atoms with Crippen molar-refractivity contribution in [2.75, 3.05) is 11.4 Å². The molecule has 0 N–H and O–H groups in total. The van der Waals surface area contributed by atoms with Gasteiger partial charge in [0, 0.05) is 13.1 Å². The molecule has 0 radical (unpaired) electrons. The predicted molar refractivity (Wildman–Crippen MR) is 70.7 cm³/mol. The maximum Gasteiger partial charge on any atom is 0.186 e. The van der Waals surface area contributed by atoms with Gasteiger partial charge in [0.05, 0.1) is 11.1 Å². The molecule has 3 nitrogen and oxygen atoms in total. The van der Waals surface area contributed by atoms with Gasteiger partial charge in [-0.3, -0.25) is 4.79 Å². The molecule has 0 spiro atoms. The van der Waals surface area contributed by atoms with E-state index < -0.39 is 0 Å². The highest BCUT2D eigenvalue weighted by Crippen LogP contribution is 2.22. The van der Waals surface area contributed by atoms with Gasteiger partial charge in [0.25, 0.3) is 0 Å². The molecule has 0 aliphatic heterocycles. The molecule has 2 rings (SSSR count). The van der Waals surface area contributed by atoms with Crippen LogP contribution in [0.25, 0.3) is 0 Å². The summed E-state index contributed by atoms with van der Waals surface area (Å²) >= 11 is 1.43. The summed E-state index contributed by atoms with van der Waals surface area (Å²) in [6.45, 7) is 3.79. The predicted octanol–water partition coefficient (Wildman–Crippen LogP) is 2.98. The van der Waals surface area contributed by atoms with E-state index in [0.29, 0.717) is 4.88 Å². The second kappa shape index (κ2) is 5.59. The summed E-state index contributed by atoms with van der Waals surface area (Å²) in [5, 5.41) is 0.901. The van der Waals surface area contributed by atoms with Crippen LogP contribution >= 0.6 is 11.3 Å². The van der Waals surface area contributed by atoms with Crippen LogP contribution in [0.3, 0.4) is 0 Å². The van der Waals surface area contributed by atoms with Crippen LogP contribution in [-0.2, 0) is 6.54 Å². The first-order valence-corrected chi connectivity index (χ1v) is 6.35. The van der Waals surface area contributed by atoms with Gasteiger partial charge in [-0.2, -0.15) is 0 Å². The van der Waals surface area contributed by atoms with Gasteiger partial charge in [0.2, 0.25) is 0 Å². The monoisotopic (exact) mass is 246 g/mol. The Kier molecular flexibility index (Phi) is 3.88. The Hall–Kier alpha value is -1.68. The fourth-order valence-electron chi connectivity index (χ4n) is 1.60. The van der Waals surface area contributed by atoms with Crippen LogP contribution in [0.5, 0.6) is 0 Å². The number of carbonyl (C=O) groups excluding carboxylic acids is 1. The Bertz CT molecular complexity index is 481. The Morgan fingerprint density at radius 2 is 2.12 bits per heavy atom. The van der Waals surface area contributed by atoms with Gasteiger partial charge in [-0.15, -0.1) is 0 Å². The standard InChI is InChI=1S/C13H14N2OS/c1-2-15(9-11-6-4-3-5-7-11)13-14-8-12(10-16)17-13/h3-8,10H,2,9H2,1H3. The molecule has 17 heavy (non-hydrogen) atoms. The van der Waals surface area contributed by atoms with E-state index in [1.807, 2.05) is 18.2 Å². The quantitative estimate of drug-likeness (QED) is 0.760. The summed E-state index contributed by atoms with van der Waals surface area (Å²) in [6, 6.07) is 10.3. The van der Waals surface area contributed by atoms with E-state index >= 15 is 0 Å². The van der Waals surface area contributed by atoms with Crippen molar-refractivity contribution in [3.8, 4) is 0 Å². The molecule has 1 heterocycles. The first-order chi connectivity index (χ1) is 8.33. The van der Waals surface area contributed by atoms with Crippen molar-refractivity contribution in [1.29, 1.82) is 0 Å². The summed E-state index contributed by atoms with van der Waals surface area (Å²) in [5.41, 5.74) is 1.25. The average Bonchev–Trinajstić information content (AvgIpc) is 2.86. The smallest absolute Gasteiger partial charge is 0.186 e. The first-order valence-electron chi connectivity index (χ1n) is 5.53. The lowest BCUT2D eigenvalue weighted by molar-refractivity contribution is 0.112. The Morgan fingerprint density at radius 1 is 1.35 bits per heavy atom. The first kappa shape index (κ1) is 11.8. The van der Waals surface area contributed by atoms with Crippen molar-refractivity contribution in [1.82, 2.24) is 4.98 Å². The van der Waals surface area contributed by atoms with Gasteiger partial charge in [-0.1, -0.05) is 41.7 Å². The number of benzene rings is 1. The van der Waals surface area contributed by atoms with Crippen LogP contribution in [0, 0.1) is 0 Å². The third kappa shape index (κ3) is 2.91. The van der Waals surface area contributed by atoms with E-state index in [1.54, 1.807) is 6.20 Å². The summed E-state index contributed by atoms with van der Waals surface area (Å²) in [7, 11) is 0. The van der Waals surface area contributed by atoms with Gasteiger partial charge in [0.1, 0.15) is 0 Å². The Labute approximate surface area is 105 Å². The minimum absolute atomic E-state index is 0.673. The van der Waals surface area contributed by atoms with E-state index in [1.165, 1.54) is 16.9 Å². The summed E-state index contributed by atoms with van der Waals surface area (Å²) in [5.74, 6) is 0. The van der Waals surface area contributed by atoms with Crippen LogP contribution in [0.4, 0.5) is 5.13 Å². The van der Waals surface area contributed by atoms with Crippen LogP contribution < -0.4 is 4.90 Å². The van der Waals surface area contributed by atoms with Gasteiger partial charge in [-0.05, 0) is 12.5 Å². The number of anilines is 1. The lowest BCUT2D eigenvalue weighted by Gasteiger charge is -2.19. The fraction of sp³-hybridized carbons (Fsp3) is 0.231. The zero-order valence-electron chi connectivity index (χ0n) is 9.67. The van der Waals surface area contributed by atoms with Crippen molar-refractivity contribution in [2.24, 2.45) is 0 Å². The van der Waals surface area contributed by atoms with Gasteiger partial charge < -0.3 is 4.90 Å².